The molecule has 1 N–H and O–H groups in total. The molecule has 0 aliphatic carbocycles. The molecule has 0 radical (unpaired) electrons. The number of unbranched alkanes of at least 4 members (excludes halogenated alkanes) is 4. The van der Waals surface area contributed by atoms with E-state index in [4.69, 9.17) is 5.11 Å². The number of allylic oxidation sites excluding steroid dienone is 6. The van der Waals surface area contributed by atoms with Crippen LogP contribution in [-0.4, -0.2) is 11.7 Å². The van der Waals surface area contributed by atoms with Crippen LogP contribution in [0.2, 0.25) is 0 Å². The molecule has 0 heterocycles. The summed E-state index contributed by atoms with van der Waals surface area (Å²) in [6, 6.07) is 0. The summed E-state index contributed by atoms with van der Waals surface area (Å²) in [4.78, 5) is 0. The lowest BCUT2D eigenvalue weighted by molar-refractivity contribution is 0.282. The predicted octanol–water partition coefficient (Wildman–Crippen LogP) is 4.79. The number of rotatable bonds is 11. The normalized spacial score (nSPS) is 12.4. The van der Waals surface area contributed by atoms with Gasteiger partial charge in [0.05, 0.1) is 0 Å². The summed E-state index contributed by atoms with van der Waals surface area (Å²) in [5.74, 6) is 0. The average molecular weight is 236 g/mol. The molecule has 0 rings (SSSR count). The molecule has 0 aromatic carbocycles. The van der Waals surface area contributed by atoms with E-state index in [1.165, 1.54) is 19.3 Å². The van der Waals surface area contributed by atoms with E-state index in [1.54, 1.807) is 0 Å². The van der Waals surface area contributed by atoms with Gasteiger partial charge in [-0.2, -0.15) is 0 Å². The predicted molar refractivity (Wildman–Crippen MR) is 77.1 cm³/mol. The minimum Gasteiger partial charge on any atom is -0.396 e. The van der Waals surface area contributed by atoms with Crippen molar-refractivity contribution in [3.05, 3.63) is 36.5 Å². The van der Waals surface area contributed by atoms with Crippen molar-refractivity contribution in [2.45, 2.75) is 58.3 Å². The van der Waals surface area contributed by atoms with Crippen molar-refractivity contribution in [3.63, 3.8) is 0 Å². The third-order valence-electron chi connectivity index (χ3n) is 2.56. The van der Waals surface area contributed by atoms with E-state index in [0.29, 0.717) is 6.61 Å². The Balaban J connectivity index is 3.21. The Kier molecular flexibility index (Phi) is 14.4. The van der Waals surface area contributed by atoms with Gasteiger partial charge >= 0.3 is 0 Å². The zero-order valence-electron chi connectivity index (χ0n) is 11.3. The Bertz CT molecular complexity index is 214. The molecule has 0 aromatic rings. The van der Waals surface area contributed by atoms with Crippen LogP contribution in [0.3, 0.4) is 0 Å². The molecule has 0 fully saturated rings. The van der Waals surface area contributed by atoms with Gasteiger partial charge in [0.1, 0.15) is 0 Å². The molecule has 0 bridgehead atoms. The molecule has 0 aliphatic rings. The summed E-state index contributed by atoms with van der Waals surface area (Å²) in [6.45, 7) is 2.50. The summed E-state index contributed by atoms with van der Waals surface area (Å²) >= 11 is 0. The summed E-state index contributed by atoms with van der Waals surface area (Å²) in [6.07, 6.45) is 22.4. The van der Waals surface area contributed by atoms with Crippen molar-refractivity contribution in [3.8, 4) is 0 Å². The van der Waals surface area contributed by atoms with Crippen LogP contribution in [-0.2, 0) is 0 Å². The Morgan fingerprint density at radius 2 is 1.29 bits per heavy atom. The molecule has 0 aromatic heterocycles. The monoisotopic (exact) mass is 236 g/mol. The van der Waals surface area contributed by atoms with E-state index < -0.39 is 0 Å². The van der Waals surface area contributed by atoms with Crippen molar-refractivity contribution >= 4 is 0 Å². The van der Waals surface area contributed by atoms with Crippen LogP contribution in [0.1, 0.15) is 58.3 Å². The van der Waals surface area contributed by atoms with Crippen LogP contribution in [0, 0.1) is 0 Å². The maximum atomic E-state index is 8.62. The number of hydrogen-bond donors (Lipinski definition) is 1. The first-order chi connectivity index (χ1) is 8.41. The highest BCUT2D eigenvalue weighted by molar-refractivity contribution is 4.96. The highest BCUT2D eigenvalue weighted by Gasteiger charge is 1.86. The van der Waals surface area contributed by atoms with Crippen LogP contribution in [0.25, 0.3) is 0 Å². The van der Waals surface area contributed by atoms with Gasteiger partial charge in [-0.3, -0.25) is 0 Å². The third kappa shape index (κ3) is 15.2. The lowest BCUT2D eigenvalue weighted by Crippen LogP contribution is -1.82. The first kappa shape index (κ1) is 16.2. The van der Waals surface area contributed by atoms with Crippen LogP contribution in [0.5, 0.6) is 0 Å². The van der Waals surface area contributed by atoms with Crippen molar-refractivity contribution in [1.82, 2.24) is 0 Å². The molecule has 0 saturated carbocycles. The molecule has 0 spiro atoms. The van der Waals surface area contributed by atoms with Crippen LogP contribution < -0.4 is 0 Å². The van der Waals surface area contributed by atoms with Crippen molar-refractivity contribution in [2.24, 2.45) is 0 Å². The number of aliphatic hydroxyl groups is 1. The summed E-state index contributed by atoms with van der Waals surface area (Å²) in [5.41, 5.74) is 0. The molecule has 0 atom stereocenters. The Labute approximate surface area is 107 Å². The largest absolute Gasteiger partial charge is 0.396 e. The zero-order valence-corrected chi connectivity index (χ0v) is 11.3. The summed E-state index contributed by atoms with van der Waals surface area (Å²) in [7, 11) is 0. The first-order valence-electron chi connectivity index (χ1n) is 6.97. The van der Waals surface area contributed by atoms with E-state index in [-0.39, 0.29) is 0 Å². The second kappa shape index (κ2) is 15.2. The Hall–Kier alpha value is -0.820. The molecule has 0 saturated heterocycles. The quantitative estimate of drug-likeness (QED) is 0.404. The minimum absolute atomic E-state index is 0.340. The van der Waals surface area contributed by atoms with E-state index in [9.17, 15) is 0 Å². The molecular formula is C16H28O. The van der Waals surface area contributed by atoms with Crippen molar-refractivity contribution in [2.75, 3.05) is 6.61 Å². The van der Waals surface area contributed by atoms with Gasteiger partial charge in [0.15, 0.2) is 0 Å². The Morgan fingerprint density at radius 3 is 1.94 bits per heavy atom. The highest BCUT2D eigenvalue weighted by Crippen LogP contribution is 2.03. The van der Waals surface area contributed by atoms with Gasteiger partial charge in [-0.1, -0.05) is 56.2 Å². The Morgan fingerprint density at radius 1 is 0.706 bits per heavy atom. The molecule has 98 valence electrons. The van der Waals surface area contributed by atoms with Crippen molar-refractivity contribution < 1.29 is 5.11 Å². The SMILES string of the molecule is CCC=CCC=CCC=CCCCCCCO. The third-order valence-corrected chi connectivity index (χ3v) is 2.56. The second-order valence-corrected chi connectivity index (χ2v) is 4.22. The smallest absolute Gasteiger partial charge is 0.0431 e. The number of aliphatic hydroxyl groups excluding tert-OH is 1. The molecule has 1 nitrogen and oxygen atoms in total. The van der Waals surface area contributed by atoms with Gasteiger partial charge in [0.25, 0.3) is 0 Å². The fraction of sp³-hybridized carbons (Fsp3) is 0.625. The topological polar surface area (TPSA) is 20.2 Å². The second-order valence-electron chi connectivity index (χ2n) is 4.22. The maximum Gasteiger partial charge on any atom is 0.0431 e. The van der Waals surface area contributed by atoms with Gasteiger partial charge in [-0.15, -0.1) is 0 Å². The molecular weight excluding hydrogens is 208 g/mol. The van der Waals surface area contributed by atoms with E-state index in [2.05, 4.69) is 43.4 Å². The standard InChI is InChI=1S/C16H28O/c1-2-3-4-5-6-7-8-9-10-11-12-13-14-15-16-17/h3-4,6-7,9-10,17H,2,5,8,11-16H2,1H3. The fourth-order valence-corrected chi connectivity index (χ4v) is 1.55. The van der Waals surface area contributed by atoms with Gasteiger partial charge in [-0.25, -0.2) is 0 Å². The molecule has 0 amide bonds. The lowest BCUT2D eigenvalue weighted by atomic mass is 10.1. The van der Waals surface area contributed by atoms with Gasteiger partial charge in [0, 0.05) is 6.61 Å². The van der Waals surface area contributed by atoms with Crippen LogP contribution in [0.4, 0.5) is 0 Å². The summed E-state index contributed by atoms with van der Waals surface area (Å²) < 4.78 is 0. The first-order valence-corrected chi connectivity index (χ1v) is 6.97. The van der Waals surface area contributed by atoms with E-state index in [0.717, 1.165) is 32.1 Å². The lowest BCUT2D eigenvalue weighted by Gasteiger charge is -1.95. The van der Waals surface area contributed by atoms with Crippen LogP contribution >= 0.6 is 0 Å². The van der Waals surface area contributed by atoms with E-state index in [1.807, 2.05) is 0 Å². The maximum absolute atomic E-state index is 8.62. The van der Waals surface area contributed by atoms with Crippen molar-refractivity contribution in [1.29, 1.82) is 0 Å². The van der Waals surface area contributed by atoms with Gasteiger partial charge < -0.3 is 5.11 Å². The fourth-order valence-electron chi connectivity index (χ4n) is 1.55. The number of hydrogen-bond acceptors (Lipinski definition) is 1. The van der Waals surface area contributed by atoms with Crippen LogP contribution in [0.15, 0.2) is 36.5 Å². The highest BCUT2D eigenvalue weighted by atomic mass is 16.2. The average Bonchev–Trinajstić information content (AvgIpc) is 2.35. The van der Waals surface area contributed by atoms with E-state index >= 15 is 0 Å². The van der Waals surface area contributed by atoms with Gasteiger partial charge in [0.2, 0.25) is 0 Å². The minimum atomic E-state index is 0.340. The molecule has 0 aliphatic heterocycles. The summed E-state index contributed by atoms with van der Waals surface area (Å²) in [5, 5.41) is 8.62. The van der Waals surface area contributed by atoms with Gasteiger partial charge in [-0.05, 0) is 38.5 Å². The zero-order chi connectivity index (χ0) is 12.6. The molecule has 0 unspecified atom stereocenters. The molecule has 17 heavy (non-hydrogen) atoms. The molecule has 1 heteroatoms.